The number of nitrogens with zero attached hydrogens (tertiary/aromatic N) is 7. The highest BCUT2D eigenvalue weighted by Crippen LogP contribution is 2.33. The quantitative estimate of drug-likeness (QED) is 0.321. The molecule has 300 valence electrons. The number of rotatable bonds is 8. The third-order valence-corrected chi connectivity index (χ3v) is 13.0. The Morgan fingerprint density at radius 1 is 0.877 bits per heavy atom. The van der Waals surface area contributed by atoms with E-state index in [4.69, 9.17) is 0 Å². The molecule has 4 saturated heterocycles. The number of amides is 5. The molecule has 3 aromatic rings. The normalized spacial score (nSPS) is 23.8. The van der Waals surface area contributed by atoms with Crippen LogP contribution in [0.15, 0.2) is 57.9 Å². The van der Waals surface area contributed by atoms with E-state index in [0.29, 0.717) is 45.9 Å². The third-order valence-electron chi connectivity index (χ3n) is 12.3. The van der Waals surface area contributed by atoms with Crippen LogP contribution in [-0.4, -0.2) is 137 Å². The van der Waals surface area contributed by atoms with Gasteiger partial charge in [0.2, 0.25) is 11.8 Å². The Bertz CT molecular complexity index is 2140. The van der Waals surface area contributed by atoms with Crippen molar-refractivity contribution in [1.82, 2.24) is 34.7 Å². The summed E-state index contributed by atoms with van der Waals surface area (Å²) in [6.07, 6.45) is 4.78. The van der Waals surface area contributed by atoms with E-state index in [1.165, 1.54) is 10.2 Å². The van der Waals surface area contributed by atoms with Crippen LogP contribution in [0.1, 0.15) is 74.7 Å². The first-order valence-corrected chi connectivity index (χ1v) is 20.6. The smallest absolute Gasteiger partial charge is 0.282 e. The second-order valence-corrected chi connectivity index (χ2v) is 16.9. The lowest BCUT2D eigenvalue weighted by Gasteiger charge is -2.39. The number of benzene rings is 2. The summed E-state index contributed by atoms with van der Waals surface area (Å²) in [5, 5.41) is 9.91. The molecule has 4 fully saturated rings. The lowest BCUT2D eigenvalue weighted by atomic mass is 9.87. The molecule has 1 unspecified atom stereocenters. The zero-order valence-corrected chi connectivity index (χ0v) is 33.9. The summed E-state index contributed by atoms with van der Waals surface area (Å²) in [6.45, 7) is 7.42. The van der Waals surface area contributed by atoms with Crippen LogP contribution in [0.25, 0.3) is 0 Å². The summed E-state index contributed by atoms with van der Waals surface area (Å²) in [4.78, 5) is 86.4. The number of anilines is 2. The average molecular weight is 843 g/mol. The minimum atomic E-state index is -0.976. The molecule has 2 aromatic carbocycles. The topological polar surface area (TPSA) is 160 Å². The van der Waals surface area contributed by atoms with Crippen LogP contribution in [0.2, 0.25) is 0 Å². The summed E-state index contributed by atoms with van der Waals surface area (Å²) < 4.78 is 1.78. The van der Waals surface area contributed by atoms with Crippen LogP contribution in [0.4, 0.5) is 11.4 Å². The molecular formula is C41H48BrN9O6. The van der Waals surface area contributed by atoms with Crippen molar-refractivity contribution in [3.63, 3.8) is 0 Å². The lowest BCUT2D eigenvalue weighted by Crippen LogP contribution is -2.54. The van der Waals surface area contributed by atoms with E-state index < -0.39 is 29.7 Å². The van der Waals surface area contributed by atoms with E-state index in [0.717, 1.165) is 75.7 Å². The lowest BCUT2D eigenvalue weighted by molar-refractivity contribution is -0.136. The Morgan fingerprint density at radius 2 is 1.60 bits per heavy atom. The largest absolute Gasteiger partial charge is 0.379 e. The van der Waals surface area contributed by atoms with Gasteiger partial charge in [-0.2, -0.15) is 5.10 Å². The maximum atomic E-state index is 13.6. The van der Waals surface area contributed by atoms with E-state index in [-0.39, 0.29) is 36.3 Å². The first kappa shape index (κ1) is 38.9. The second-order valence-electron chi connectivity index (χ2n) is 16.1. The molecule has 1 aromatic heterocycles. The number of halogens is 1. The number of piperidine rings is 3. The number of carbonyl (C=O) groups is 5. The van der Waals surface area contributed by atoms with Crippen molar-refractivity contribution in [3.05, 3.63) is 85.7 Å². The van der Waals surface area contributed by atoms with Crippen LogP contribution in [0.5, 0.6) is 0 Å². The van der Waals surface area contributed by atoms with Gasteiger partial charge in [-0.25, -0.2) is 4.68 Å². The number of carbonyl (C=O) groups excluding carboxylic acids is 5. The van der Waals surface area contributed by atoms with E-state index >= 15 is 0 Å². The fraction of sp³-hybridized carbons (Fsp3) is 0.488. The van der Waals surface area contributed by atoms with Gasteiger partial charge in [-0.05, 0) is 96.4 Å². The van der Waals surface area contributed by atoms with Gasteiger partial charge in [0, 0.05) is 89.7 Å². The van der Waals surface area contributed by atoms with Gasteiger partial charge in [0.05, 0.1) is 23.0 Å². The molecule has 3 atom stereocenters. The van der Waals surface area contributed by atoms with Gasteiger partial charge >= 0.3 is 0 Å². The number of imide groups is 2. The summed E-state index contributed by atoms with van der Waals surface area (Å²) in [6, 6.07) is 12.6. The molecule has 15 nitrogen and oxygen atoms in total. The maximum Gasteiger partial charge on any atom is 0.282 e. The molecular weight excluding hydrogens is 794 g/mol. The van der Waals surface area contributed by atoms with Crippen LogP contribution in [-0.2, 0) is 16.6 Å². The van der Waals surface area contributed by atoms with Gasteiger partial charge in [-0.15, -0.1) is 0 Å². The molecule has 2 N–H and O–H groups in total. The predicted octanol–water partition coefficient (Wildman–Crippen LogP) is 2.52. The van der Waals surface area contributed by atoms with Crippen molar-refractivity contribution in [1.29, 1.82) is 0 Å². The Hall–Kier alpha value is -4.93. The van der Waals surface area contributed by atoms with Crippen molar-refractivity contribution < 1.29 is 24.0 Å². The number of fused-ring (bicyclic) bond motifs is 1. The minimum Gasteiger partial charge on any atom is -0.379 e. The molecule has 5 amide bonds. The molecule has 16 heteroatoms. The monoisotopic (exact) mass is 841 g/mol. The number of likely N-dealkylation sites (N-methyl/N-ethyl adjacent to an activating group) is 1. The molecule has 6 heterocycles. The second kappa shape index (κ2) is 16.1. The number of likely N-dealkylation sites (tertiary alicyclic amines) is 1. The first-order chi connectivity index (χ1) is 27.4. The van der Waals surface area contributed by atoms with Gasteiger partial charge < -0.3 is 20.0 Å². The van der Waals surface area contributed by atoms with Gasteiger partial charge in [-0.1, -0.05) is 12.1 Å². The van der Waals surface area contributed by atoms with Gasteiger partial charge in [-0.3, -0.25) is 43.9 Å². The Kier molecular flexibility index (Phi) is 11.0. The minimum absolute atomic E-state index is 0.0626. The highest BCUT2D eigenvalue weighted by Gasteiger charge is 2.45. The molecule has 0 bridgehead atoms. The van der Waals surface area contributed by atoms with E-state index in [1.54, 1.807) is 25.4 Å². The third kappa shape index (κ3) is 7.99. The molecule has 8 rings (SSSR count). The summed E-state index contributed by atoms with van der Waals surface area (Å²) in [5.74, 6) is -1.13. The van der Waals surface area contributed by atoms with Gasteiger partial charge in [0.15, 0.2) is 0 Å². The molecule has 5 aliphatic rings. The molecule has 57 heavy (non-hydrogen) atoms. The van der Waals surface area contributed by atoms with Crippen molar-refractivity contribution in [3.8, 4) is 0 Å². The number of hydrogen-bond donors (Lipinski definition) is 2. The summed E-state index contributed by atoms with van der Waals surface area (Å²) in [5.41, 5.74) is 3.89. The molecule has 0 spiro atoms. The fourth-order valence-corrected chi connectivity index (χ4v) is 9.58. The summed E-state index contributed by atoms with van der Waals surface area (Å²) >= 11 is 3.42. The van der Waals surface area contributed by atoms with Crippen molar-refractivity contribution in [2.24, 2.45) is 13.0 Å². The van der Waals surface area contributed by atoms with Crippen molar-refractivity contribution in [2.75, 3.05) is 76.2 Å². The van der Waals surface area contributed by atoms with E-state index in [2.05, 4.69) is 65.5 Å². The molecule has 0 saturated carbocycles. The Morgan fingerprint density at radius 3 is 2.32 bits per heavy atom. The molecule has 0 aliphatic carbocycles. The highest BCUT2D eigenvalue weighted by atomic mass is 79.9. The number of hydrogen-bond acceptors (Lipinski definition) is 11. The van der Waals surface area contributed by atoms with E-state index in [1.807, 2.05) is 23.1 Å². The maximum absolute atomic E-state index is 13.6. The van der Waals surface area contributed by atoms with E-state index in [9.17, 15) is 28.8 Å². The molecule has 5 aliphatic heterocycles. The summed E-state index contributed by atoms with van der Waals surface area (Å²) in [7, 11) is 3.73. The Labute approximate surface area is 339 Å². The van der Waals surface area contributed by atoms with Crippen LogP contribution >= 0.6 is 15.9 Å². The fourth-order valence-electron chi connectivity index (χ4n) is 9.11. The standard InChI is InChI=1S/C41H48BrN9O6/c1-46-23-28(19-29(24-46)44-33-21-43-47(2)41(57)36(33)42)26-3-5-27(6-4-26)38(54)50-17-15-48(16-18-50)22-25-11-13-49(14-12-25)30-7-8-31-32(20-30)40(56)51(39(31)55)34-9-10-35(52)45-37(34)53/h3-8,20-21,25,28-29,34,44H,9-19,22-24H2,1-2H3,(H,45,52,53)/t28-,29+,34?/m0/s1. The predicted molar refractivity (Wildman–Crippen MR) is 216 cm³/mol. The SMILES string of the molecule is CN1C[C@H](Nc2cnn(C)c(=O)c2Br)C[C@H](c2ccc(C(=O)N3CCN(CC4CCN(c5ccc6c(c5)C(=O)N(C5CCC(=O)NC5=O)C6=O)CC4)CC3)cc2)C1. The zero-order chi connectivity index (χ0) is 40.0. The molecule has 0 radical (unpaired) electrons. The number of piperazine rings is 1. The number of aromatic nitrogens is 2. The first-order valence-electron chi connectivity index (χ1n) is 19.8. The number of aryl methyl sites for hydroxylation is 1. The van der Waals surface area contributed by atoms with Crippen molar-refractivity contribution in [2.45, 2.75) is 50.1 Å². The number of nitrogens with one attached hydrogen (secondary N) is 2. The highest BCUT2D eigenvalue weighted by molar-refractivity contribution is 9.10. The average Bonchev–Trinajstić information content (AvgIpc) is 3.46. The van der Waals surface area contributed by atoms with Crippen LogP contribution < -0.4 is 21.1 Å². The van der Waals surface area contributed by atoms with Crippen LogP contribution in [0, 0.1) is 5.92 Å². The zero-order valence-electron chi connectivity index (χ0n) is 32.3. The van der Waals surface area contributed by atoms with Crippen molar-refractivity contribution >= 4 is 56.8 Å². The van der Waals surface area contributed by atoms with Gasteiger partial charge in [0.1, 0.15) is 10.5 Å². The van der Waals surface area contributed by atoms with Crippen LogP contribution in [0.3, 0.4) is 0 Å². The van der Waals surface area contributed by atoms with Gasteiger partial charge in [0.25, 0.3) is 23.3 Å². The Balaban J connectivity index is 0.796.